The minimum Gasteiger partial charge on any atom is -0.387 e. The Bertz CT molecular complexity index is 944. The van der Waals surface area contributed by atoms with Crippen LogP contribution in [-0.2, 0) is 0 Å². The first-order valence-corrected chi connectivity index (χ1v) is 12.4. The van der Waals surface area contributed by atoms with Gasteiger partial charge >= 0.3 is 0 Å². The monoisotopic (exact) mass is 469 g/mol. The number of nitrogens with zero attached hydrogens (tertiary/aromatic N) is 1. The molecule has 0 saturated carbocycles. The average Bonchev–Trinajstić information content (AvgIpc) is 2.77. The number of benzene rings is 3. The summed E-state index contributed by atoms with van der Waals surface area (Å²) in [5.41, 5.74) is 1.01. The van der Waals surface area contributed by atoms with Crippen LogP contribution >= 0.6 is 15.9 Å². The molecule has 0 aliphatic rings. The second-order valence-electron chi connectivity index (χ2n) is 8.52. The van der Waals surface area contributed by atoms with Crippen molar-refractivity contribution in [2.45, 2.75) is 71.4 Å². The van der Waals surface area contributed by atoms with Crippen molar-refractivity contribution in [3.8, 4) is 0 Å². The van der Waals surface area contributed by atoms with Crippen LogP contribution in [0.1, 0.15) is 71.0 Å². The summed E-state index contributed by atoms with van der Waals surface area (Å²) in [6.45, 7) is 8.82. The van der Waals surface area contributed by atoms with Crippen molar-refractivity contribution >= 4 is 37.5 Å². The van der Waals surface area contributed by atoms with E-state index in [-0.39, 0.29) is 6.04 Å². The minimum absolute atomic E-state index is 0.109. The molecule has 3 aromatic rings. The molecule has 0 fully saturated rings. The number of hydrogen-bond acceptors (Lipinski definition) is 2. The maximum absolute atomic E-state index is 11.3. The van der Waals surface area contributed by atoms with Crippen LogP contribution in [-0.4, -0.2) is 29.1 Å². The third kappa shape index (κ3) is 5.43. The van der Waals surface area contributed by atoms with Crippen LogP contribution in [0.3, 0.4) is 0 Å². The normalized spacial score (nSPS) is 13.9. The lowest BCUT2D eigenvalue weighted by atomic mass is 9.95. The van der Waals surface area contributed by atoms with Crippen LogP contribution in [0.15, 0.2) is 53.0 Å². The molecule has 0 bridgehead atoms. The van der Waals surface area contributed by atoms with Crippen molar-refractivity contribution in [3.63, 3.8) is 0 Å². The topological polar surface area (TPSA) is 23.5 Å². The van der Waals surface area contributed by atoms with Crippen molar-refractivity contribution in [1.82, 2.24) is 4.90 Å². The van der Waals surface area contributed by atoms with Crippen molar-refractivity contribution in [2.75, 3.05) is 13.1 Å². The molecule has 0 unspecified atom stereocenters. The highest BCUT2D eigenvalue weighted by Gasteiger charge is 2.23. The fraction of sp³-hybridized carbons (Fsp3) is 0.481. The molecule has 162 valence electrons. The first-order chi connectivity index (χ1) is 14.6. The van der Waals surface area contributed by atoms with Gasteiger partial charge in [0, 0.05) is 10.5 Å². The molecule has 0 radical (unpaired) electrons. The average molecular weight is 470 g/mol. The van der Waals surface area contributed by atoms with Gasteiger partial charge < -0.3 is 5.11 Å². The van der Waals surface area contributed by atoms with E-state index < -0.39 is 6.10 Å². The van der Waals surface area contributed by atoms with Crippen LogP contribution in [0, 0.1) is 0 Å². The lowest BCUT2D eigenvalue weighted by Gasteiger charge is -2.33. The predicted octanol–water partition coefficient (Wildman–Crippen LogP) is 7.86. The number of unbranched alkanes of at least 4 members (excludes halogenated alkanes) is 4. The molecule has 30 heavy (non-hydrogen) atoms. The third-order valence-corrected chi connectivity index (χ3v) is 6.96. The summed E-state index contributed by atoms with van der Waals surface area (Å²) in [7, 11) is 0. The van der Waals surface area contributed by atoms with Crippen LogP contribution in [0.25, 0.3) is 21.5 Å². The Hall–Kier alpha value is -1.42. The maximum Gasteiger partial charge on any atom is 0.0942 e. The Kier molecular flexibility index (Phi) is 8.73. The second kappa shape index (κ2) is 11.3. The Morgan fingerprint density at radius 2 is 1.47 bits per heavy atom. The van der Waals surface area contributed by atoms with Gasteiger partial charge in [0.05, 0.1) is 6.10 Å². The van der Waals surface area contributed by atoms with E-state index in [0.717, 1.165) is 23.1 Å². The molecule has 3 aromatic carbocycles. The van der Waals surface area contributed by atoms with Crippen molar-refractivity contribution in [3.05, 3.63) is 58.6 Å². The van der Waals surface area contributed by atoms with Crippen LogP contribution in [0.4, 0.5) is 0 Å². The highest BCUT2D eigenvalue weighted by molar-refractivity contribution is 9.10. The van der Waals surface area contributed by atoms with E-state index in [9.17, 15) is 5.11 Å². The number of aliphatic hydroxyl groups is 1. The Morgan fingerprint density at radius 3 is 2.10 bits per heavy atom. The molecule has 0 aliphatic carbocycles. The van der Waals surface area contributed by atoms with Crippen molar-refractivity contribution in [1.29, 1.82) is 0 Å². The van der Waals surface area contributed by atoms with Gasteiger partial charge in [-0.05, 0) is 72.1 Å². The molecule has 0 saturated heterocycles. The lowest BCUT2D eigenvalue weighted by Crippen LogP contribution is -2.39. The fourth-order valence-corrected chi connectivity index (χ4v) is 4.98. The van der Waals surface area contributed by atoms with Crippen molar-refractivity contribution in [2.24, 2.45) is 0 Å². The fourth-order valence-electron chi connectivity index (χ4n) is 4.38. The van der Waals surface area contributed by atoms with Gasteiger partial charge in [0.25, 0.3) is 0 Å². The largest absolute Gasteiger partial charge is 0.387 e. The summed E-state index contributed by atoms with van der Waals surface area (Å²) in [5.74, 6) is 0. The molecule has 3 rings (SSSR count). The predicted molar refractivity (Wildman–Crippen MR) is 134 cm³/mol. The van der Waals surface area contributed by atoms with Gasteiger partial charge in [0.2, 0.25) is 0 Å². The molecule has 0 spiro atoms. The number of halogens is 1. The molecule has 2 atom stereocenters. The second-order valence-corrected chi connectivity index (χ2v) is 9.37. The summed E-state index contributed by atoms with van der Waals surface area (Å²) >= 11 is 3.71. The number of rotatable bonds is 11. The highest BCUT2D eigenvalue weighted by atomic mass is 79.9. The number of fused-ring (bicyclic) bond motifs is 3. The molecular formula is C27H36BrNO. The van der Waals surface area contributed by atoms with Gasteiger partial charge in [-0.1, -0.05) is 91.9 Å². The van der Waals surface area contributed by atoms with Gasteiger partial charge in [-0.15, -0.1) is 0 Å². The zero-order valence-electron chi connectivity index (χ0n) is 18.7. The maximum atomic E-state index is 11.3. The number of aliphatic hydroxyl groups excluding tert-OH is 1. The Morgan fingerprint density at radius 1 is 0.833 bits per heavy atom. The third-order valence-electron chi connectivity index (χ3n) is 6.31. The Balaban J connectivity index is 1.88. The molecule has 0 aliphatic heterocycles. The Labute approximate surface area is 190 Å². The molecule has 2 nitrogen and oxygen atoms in total. The van der Waals surface area contributed by atoms with Gasteiger partial charge in [-0.2, -0.15) is 0 Å². The van der Waals surface area contributed by atoms with Crippen molar-refractivity contribution < 1.29 is 5.11 Å². The zero-order valence-corrected chi connectivity index (χ0v) is 20.3. The quantitative estimate of drug-likeness (QED) is 0.228. The van der Waals surface area contributed by atoms with Gasteiger partial charge in [-0.25, -0.2) is 0 Å². The molecule has 3 heteroatoms. The zero-order chi connectivity index (χ0) is 21.5. The smallest absolute Gasteiger partial charge is 0.0942 e. The van der Waals surface area contributed by atoms with Crippen LogP contribution in [0.2, 0.25) is 0 Å². The standard InChI is InChI=1S/C27H36BrNO/c1-4-6-10-16-29(17-11-7-5-2)20(3)27(30)22-15-14-21-19-26(28)24-13-9-8-12-23(24)25(21)18-22/h8-9,12-15,18-20,27,30H,4-7,10-11,16-17H2,1-3H3/t20-,27-/m0/s1. The highest BCUT2D eigenvalue weighted by Crippen LogP contribution is 2.34. The molecule has 1 N–H and O–H groups in total. The summed E-state index contributed by atoms with van der Waals surface area (Å²) < 4.78 is 1.12. The first kappa shape index (κ1) is 23.2. The SMILES string of the molecule is CCCCCN(CCCCC)[C@@H](C)[C@H](O)c1ccc2cc(Br)c3ccccc3c2c1. The van der Waals surface area contributed by atoms with E-state index in [1.165, 1.54) is 60.1 Å². The van der Waals surface area contributed by atoms with Gasteiger partial charge in [-0.3, -0.25) is 4.90 Å². The van der Waals surface area contributed by atoms with Gasteiger partial charge in [0.15, 0.2) is 0 Å². The van der Waals surface area contributed by atoms with Crippen LogP contribution in [0.5, 0.6) is 0 Å². The summed E-state index contributed by atoms with van der Waals surface area (Å²) in [4.78, 5) is 2.50. The van der Waals surface area contributed by atoms with E-state index in [1.807, 2.05) is 0 Å². The van der Waals surface area contributed by atoms with E-state index in [0.29, 0.717) is 0 Å². The van der Waals surface area contributed by atoms with E-state index in [4.69, 9.17) is 0 Å². The van der Waals surface area contributed by atoms with Gasteiger partial charge in [0.1, 0.15) is 0 Å². The summed E-state index contributed by atoms with van der Waals surface area (Å²) in [6.07, 6.45) is 6.89. The van der Waals surface area contributed by atoms with E-state index in [1.54, 1.807) is 0 Å². The minimum atomic E-state index is -0.486. The molecule has 0 amide bonds. The summed E-state index contributed by atoms with van der Waals surface area (Å²) in [5, 5.41) is 16.2. The molecular weight excluding hydrogens is 434 g/mol. The number of hydrogen-bond donors (Lipinski definition) is 1. The first-order valence-electron chi connectivity index (χ1n) is 11.6. The van der Waals surface area contributed by atoms with Crippen LogP contribution < -0.4 is 0 Å². The molecule has 0 heterocycles. The van der Waals surface area contributed by atoms with E-state index >= 15 is 0 Å². The lowest BCUT2D eigenvalue weighted by molar-refractivity contribution is 0.0556. The molecule has 0 aromatic heterocycles. The van der Waals surface area contributed by atoms with E-state index in [2.05, 4.69) is 90.1 Å². The summed E-state index contributed by atoms with van der Waals surface area (Å²) in [6, 6.07) is 17.2.